The first-order valence-electron chi connectivity index (χ1n) is 10.2. The molecule has 1 aliphatic rings. The number of fused-ring (bicyclic) bond motifs is 2. The Hall–Kier alpha value is -2.84. The van der Waals surface area contributed by atoms with Crippen LogP contribution in [0.3, 0.4) is 0 Å². The van der Waals surface area contributed by atoms with Gasteiger partial charge in [-0.2, -0.15) is 0 Å². The van der Waals surface area contributed by atoms with Gasteiger partial charge in [-0.1, -0.05) is 6.08 Å². The zero-order valence-electron chi connectivity index (χ0n) is 18.2. The molecule has 1 aliphatic heterocycles. The number of phenols is 1. The van der Waals surface area contributed by atoms with Gasteiger partial charge in [0.1, 0.15) is 46.5 Å². The minimum atomic E-state index is -0.931. The summed E-state index contributed by atoms with van der Waals surface area (Å²) in [6.45, 7) is 6.37. The number of carbonyl (C=O) groups excluding carboxylic acids is 1. The average molecular weight is 432 g/mol. The van der Waals surface area contributed by atoms with Crippen molar-refractivity contribution in [2.75, 3.05) is 6.61 Å². The van der Waals surface area contributed by atoms with Gasteiger partial charge in [0, 0.05) is 35.8 Å². The molecule has 0 radical (unpaired) electrons. The minimum absolute atomic E-state index is 0.0260. The zero-order valence-corrected chi connectivity index (χ0v) is 18.2. The minimum Gasteiger partial charge on any atom is -0.507 e. The summed E-state index contributed by atoms with van der Waals surface area (Å²) in [4.78, 5) is 25.0. The van der Waals surface area contributed by atoms with Gasteiger partial charge < -0.3 is 29.2 Å². The smallest absolute Gasteiger partial charge is 0.333 e. The SMILES string of the molecule is CC=C(C)C(=O)O[C@H]1Cc2c(c(CCCO)c3oc(CO)cc(=O)c3c2O)OC1(C)C. The number of allylic oxidation sites excluding steroid dienone is 1. The van der Waals surface area contributed by atoms with Crippen molar-refractivity contribution in [2.24, 2.45) is 0 Å². The molecular weight excluding hydrogens is 404 g/mol. The first-order valence-corrected chi connectivity index (χ1v) is 10.2. The predicted molar refractivity (Wildman–Crippen MR) is 113 cm³/mol. The molecule has 1 aromatic heterocycles. The molecule has 0 aliphatic carbocycles. The molecule has 0 unspecified atom stereocenters. The number of aliphatic hydroxyl groups is 2. The molecule has 31 heavy (non-hydrogen) atoms. The van der Waals surface area contributed by atoms with Crippen molar-refractivity contribution in [1.29, 1.82) is 0 Å². The molecule has 168 valence electrons. The van der Waals surface area contributed by atoms with Crippen molar-refractivity contribution in [2.45, 2.75) is 65.3 Å². The fraction of sp³-hybridized carbons (Fsp3) is 0.478. The fourth-order valence-electron chi connectivity index (χ4n) is 3.68. The lowest BCUT2D eigenvalue weighted by atomic mass is 9.87. The van der Waals surface area contributed by atoms with E-state index in [4.69, 9.17) is 13.9 Å². The second-order valence-corrected chi connectivity index (χ2v) is 8.18. The van der Waals surface area contributed by atoms with Crippen LogP contribution in [0.2, 0.25) is 0 Å². The Morgan fingerprint density at radius 1 is 1.35 bits per heavy atom. The number of esters is 1. The standard InChI is InChI=1S/C23H28O8/c1-5-12(2)22(28)30-17-10-15-19(27)18-16(26)9-13(11-25)29-21(18)14(7-6-8-24)20(15)31-23(17,3)4/h5,9,17,24-25,27H,6-8,10-11H2,1-4H3/t17-/m0/s1. The van der Waals surface area contributed by atoms with Crippen molar-refractivity contribution in [3.05, 3.63) is 44.8 Å². The van der Waals surface area contributed by atoms with Crippen molar-refractivity contribution < 1.29 is 34.0 Å². The second kappa shape index (κ2) is 8.72. The number of aromatic hydroxyl groups is 1. The maximum atomic E-state index is 12.7. The van der Waals surface area contributed by atoms with Crippen LogP contribution in [0.5, 0.6) is 11.5 Å². The van der Waals surface area contributed by atoms with Gasteiger partial charge in [-0.05, 0) is 40.5 Å². The van der Waals surface area contributed by atoms with E-state index in [1.54, 1.807) is 33.8 Å². The normalized spacial score (nSPS) is 17.9. The lowest BCUT2D eigenvalue weighted by Crippen LogP contribution is -2.49. The Morgan fingerprint density at radius 3 is 2.68 bits per heavy atom. The monoisotopic (exact) mass is 432 g/mol. The molecule has 1 aromatic carbocycles. The molecule has 1 atom stereocenters. The maximum absolute atomic E-state index is 12.7. The molecule has 0 saturated heterocycles. The summed E-state index contributed by atoms with van der Waals surface area (Å²) in [6, 6.07) is 1.13. The number of aryl methyl sites for hydroxylation is 1. The summed E-state index contributed by atoms with van der Waals surface area (Å²) in [5, 5.41) is 29.7. The molecule has 8 heteroatoms. The quantitative estimate of drug-likeness (QED) is 0.469. The molecule has 0 saturated carbocycles. The largest absolute Gasteiger partial charge is 0.507 e. The molecule has 2 heterocycles. The second-order valence-electron chi connectivity index (χ2n) is 8.18. The van der Waals surface area contributed by atoms with E-state index in [-0.39, 0.29) is 35.5 Å². The number of rotatable bonds is 6. The molecule has 2 aromatic rings. The Bertz CT molecular complexity index is 1090. The van der Waals surface area contributed by atoms with Gasteiger partial charge in [0.15, 0.2) is 5.43 Å². The first-order chi connectivity index (χ1) is 14.6. The third-order valence-corrected chi connectivity index (χ3v) is 5.62. The number of hydrogen-bond donors (Lipinski definition) is 3. The van der Waals surface area contributed by atoms with E-state index in [2.05, 4.69) is 0 Å². The number of phenolic OH excluding ortho intramolecular Hbond substituents is 1. The van der Waals surface area contributed by atoms with Gasteiger partial charge >= 0.3 is 5.97 Å². The van der Waals surface area contributed by atoms with E-state index >= 15 is 0 Å². The third-order valence-electron chi connectivity index (χ3n) is 5.62. The first kappa shape index (κ1) is 22.8. The van der Waals surface area contributed by atoms with Crippen LogP contribution in [0.4, 0.5) is 0 Å². The Kier molecular flexibility index (Phi) is 6.43. The van der Waals surface area contributed by atoms with Crippen LogP contribution in [0.15, 0.2) is 26.9 Å². The van der Waals surface area contributed by atoms with Gasteiger partial charge in [0.25, 0.3) is 0 Å². The van der Waals surface area contributed by atoms with Crippen LogP contribution in [-0.2, 0) is 29.0 Å². The third kappa shape index (κ3) is 4.18. The zero-order chi connectivity index (χ0) is 22.9. The van der Waals surface area contributed by atoms with Gasteiger partial charge in [-0.15, -0.1) is 0 Å². The number of carbonyl (C=O) groups is 1. The summed E-state index contributed by atoms with van der Waals surface area (Å²) in [6.07, 6.45) is 1.78. The van der Waals surface area contributed by atoms with Gasteiger partial charge in [-0.3, -0.25) is 4.79 Å². The fourth-order valence-corrected chi connectivity index (χ4v) is 3.68. The predicted octanol–water partition coefficient (Wildman–Crippen LogP) is 2.51. The van der Waals surface area contributed by atoms with E-state index in [1.807, 2.05) is 0 Å². The van der Waals surface area contributed by atoms with Crippen LogP contribution in [0, 0.1) is 0 Å². The maximum Gasteiger partial charge on any atom is 0.333 e. The van der Waals surface area contributed by atoms with Crippen molar-refractivity contribution >= 4 is 16.9 Å². The van der Waals surface area contributed by atoms with Crippen LogP contribution < -0.4 is 10.2 Å². The van der Waals surface area contributed by atoms with E-state index in [9.17, 15) is 24.9 Å². The van der Waals surface area contributed by atoms with Gasteiger partial charge in [0.05, 0.1) is 0 Å². The van der Waals surface area contributed by atoms with Crippen LogP contribution in [0.1, 0.15) is 51.0 Å². The molecule has 0 fully saturated rings. The number of hydrogen-bond acceptors (Lipinski definition) is 8. The van der Waals surface area contributed by atoms with E-state index in [0.29, 0.717) is 35.3 Å². The van der Waals surface area contributed by atoms with Crippen molar-refractivity contribution in [1.82, 2.24) is 0 Å². The lowest BCUT2D eigenvalue weighted by molar-refractivity contribution is -0.156. The lowest BCUT2D eigenvalue weighted by Gasteiger charge is -2.40. The Labute approximate surface area is 179 Å². The Balaban J connectivity index is 2.22. The van der Waals surface area contributed by atoms with Crippen molar-refractivity contribution in [3.63, 3.8) is 0 Å². The Morgan fingerprint density at radius 2 is 2.06 bits per heavy atom. The molecule has 3 rings (SSSR count). The molecule has 8 nitrogen and oxygen atoms in total. The highest BCUT2D eigenvalue weighted by Crippen LogP contribution is 2.46. The molecule has 0 spiro atoms. The average Bonchev–Trinajstić information content (AvgIpc) is 2.73. The number of aliphatic hydroxyl groups excluding tert-OH is 2. The van der Waals surface area contributed by atoms with E-state index in [0.717, 1.165) is 6.07 Å². The van der Waals surface area contributed by atoms with Crippen LogP contribution in [-0.4, -0.2) is 39.6 Å². The van der Waals surface area contributed by atoms with Crippen LogP contribution >= 0.6 is 0 Å². The molecular formula is C23H28O8. The summed E-state index contributed by atoms with van der Waals surface area (Å²) in [5.74, 6) is -0.377. The highest BCUT2D eigenvalue weighted by Gasteiger charge is 2.43. The molecule has 0 amide bonds. The summed E-state index contributed by atoms with van der Waals surface area (Å²) in [5.41, 5.74) is 0.00693. The highest BCUT2D eigenvalue weighted by atomic mass is 16.6. The molecule has 0 bridgehead atoms. The highest BCUT2D eigenvalue weighted by molar-refractivity contribution is 5.91. The topological polar surface area (TPSA) is 126 Å². The number of benzene rings is 1. The number of ether oxygens (including phenoxy) is 2. The summed E-state index contributed by atoms with van der Waals surface area (Å²) in [7, 11) is 0. The summed E-state index contributed by atoms with van der Waals surface area (Å²) < 4.78 is 17.6. The van der Waals surface area contributed by atoms with E-state index in [1.165, 1.54) is 0 Å². The van der Waals surface area contributed by atoms with Gasteiger partial charge in [0.2, 0.25) is 0 Å². The van der Waals surface area contributed by atoms with E-state index < -0.39 is 29.7 Å². The summed E-state index contributed by atoms with van der Waals surface area (Å²) >= 11 is 0. The van der Waals surface area contributed by atoms with Gasteiger partial charge in [-0.25, -0.2) is 4.79 Å². The van der Waals surface area contributed by atoms with Crippen molar-refractivity contribution in [3.8, 4) is 11.5 Å². The van der Waals surface area contributed by atoms with Crippen LogP contribution in [0.25, 0.3) is 11.0 Å². The molecule has 3 N–H and O–H groups in total.